The maximum Gasteiger partial charge on any atom is 0.335 e. The van der Waals surface area contributed by atoms with Crippen LogP contribution in [0.3, 0.4) is 0 Å². The Kier molecular flexibility index (Phi) is 5.49. The Morgan fingerprint density at radius 3 is 2.65 bits per heavy atom. The van der Waals surface area contributed by atoms with Crippen molar-refractivity contribution in [2.24, 2.45) is 0 Å². The monoisotopic (exact) mass is 238 g/mol. The normalized spacial score (nSPS) is 10.2. The first-order valence-electron chi connectivity index (χ1n) is 5.69. The molecule has 0 aliphatic carbocycles. The third kappa shape index (κ3) is 4.44. The van der Waals surface area contributed by atoms with Crippen LogP contribution in [0, 0.1) is 6.92 Å². The largest absolute Gasteiger partial charge is 0.491 e. The molecule has 0 amide bonds. The van der Waals surface area contributed by atoms with Gasteiger partial charge in [0.05, 0.1) is 12.2 Å². The second-order valence-electron chi connectivity index (χ2n) is 3.75. The van der Waals surface area contributed by atoms with E-state index in [0.717, 1.165) is 18.6 Å². The Morgan fingerprint density at radius 2 is 2.06 bits per heavy atom. The molecule has 94 valence electrons. The van der Waals surface area contributed by atoms with Crippen molar-refractivity contribution in [3.8, 4) is 5.75 Å². The molecule has 0 heterocycles. The SMILES string of the molecule is CCCOCCOc1ccc(C(=O)O)cc1C. The quantitative estimate of drug-likeness (QED) is 0.741. The maximum atomic E-state index is 10.7. The third-order valence-electron chi connectivity index (χ3n) is 2.26. The van der Waals surface area contributed by atoms with Gasteiger partial charge < -0.3 is 14.6 Å². The summed E-state index contributed by atoms with van der Waals surface area (Å²) in [4.78, 5) is 10.7. The minimum atomic E-state index is -0.925. The molecule has 1 N–H and O–H groups in total. The van der Waals surface area contributed by atoms with Gasteiger partial charge in [0, 0.05) is 6.61 Å². The van der Waals surface area contributed by atoms with Crippen LogP contribution >= 0.6 is 0 Å². The van der Waals surface area contributed by atoms with E-state index in [4.69, 9.17) is 14.6 Å². The summed E-state index contributed by atoms with van der Waals surface area (Å²) in [7, 11) is 0. The number of aryl methyl sites for hydroxylation is 1. The van der Waals surface area contributed by atoms with Crippen LogP contribution in [0.25, 0.3) is 0 Å². The fourth-order valence-corrected chi connectivity index (χ4v) is 1.40. The Bertz CT molecular complexity index is 374. The highest BCUT2D eigenvalue weighted by Gasteiger charge is 2.06. The second kappa shape index (κ2) is 6.91. The minimum absolute atomic E-state index is 0.275. The molecule has 0 saturated heterocycles. The summed E-state index contributed by atoms with van der Waals surface area (Å²) in [5.41, 5.74) is 1.09. The van der Waals surface area contributed by atoms with Crippen molar-refractivity contribution in [1.82, 2.24) is 0 Å². The summed E-state index contributed by atoms with van der Waals surface area (Å²) >= 11 is 0. The van der Waals surface area contributed by atoms with Crippen LogP contribution in [0.5, 0.6) is 5.75 Å². The number of benzene rings is 1. The van der Waals surface area contributed by atoms with E-state index >= 15 is 0 Å². The molecule has 0 radical (unpaired) electrons. The van der Waals surface area contributed by atoms with Crippen LogP contribution < -0.4 is 4.74 Å². The molecule has 0 fully saturated rings. The van der Waals surface area contributed by atoms with E-state index in [9.17, 15) is 4.79 Å². The molecule has 1 aromatic rings. The summed E-state index contributed by atoms with van der Waals surface area (Å²) in [5, 5.41) is 8.81. The van der Waals surface area contributed by atoms with Gasteiger partial charge in [-0.1, -0.05) is 6.92 Å². The summed E-state index contributed by atoms with van der Waals surface area (Å²) in [5.74, 6) is -0.221. The third-order valence-corrected chi connectivity index (χ3v) is 2.26. The number of carbonyl (C=O) groups is 1. The second-order valence-corrected chi connectivity index (χ2v) is 3.75. The standard InChI is InChI=1S/C13H18O4/c1-3-6-16-7-8-17-12-5-4-11(13(14)15)9-10(12)2/h4-5,9H,3,6-8H2,1-2H3,(H,14,15). The first-order valence-corrected chi connectivity index (χ1v) is 5.69. The molecule has 0 aliphatic heterocycles. The van der Waals surface area contributed by atoms with Crippen molar-refractivity contribution >= 4 is 5.97 Å². The fraction of sp³-hybridized carbons (Fsp3) is 0.462. The zero-order valence-electron chi connectivity index (χ0n) is 10.2. The summed E-state index contributed by atoms with van der Waals surface area (Å²) in [6.45, 7) is 5.64. The first kappa shape index (κ1) is 13.5. The van der Waals surface area contributed by atoms with Gasteiger partial charge in [0.1, 0.15) is 12.4 Å². The van der Waals surface area contributed by atoms with E-state index < -0.39 is 5.97 Å². The predicted octanol–water partition coefficient (Wildman–Crippen LogP) is 2.50. The van der Waals surface area contributed by atoms with E-state index in [1.165, 1.54) is 6.07 Å². The van der Waals surface area contributed by atoms with E-state index in [2.05, 4.69) is 6.92 Å². The van der Waals surface area contributed by atoms with Gasteiger partial charge in [-0.3, -0.25) is 0 Å². The molecular formula is C13H18O4. The highest BCUT2D eigenvalue weighted by atomic mass is 16.5. The van der Waals surface area contributed by atoms with Gasteiger partial charge in [-0.05, 0) is 37.1 Å². The Morgan fingerprint density at radius 1 is 1.29 bits per heavy atom. The molecular weight excluding hydrogens is 220 g/mol. The fourth-order valence-electron chi connectivity index (χ4n) is 1.40. The molecule has 0 saturated carbocycles. The molecule has 4 heteroatoms. The van der Waals surface area contributed by atoms with Crippen LogP contribution in [0.4, 0.5) is 0 Å². The molecule has 0 spiro atoms. The zero-order valence-corrected chi connectivity index (χ0v) is 10.2. The van der Waals surface area contributed by atoms with Crippen LogP contribution in [-0.2, 0) is 4.74 Å². The van der Waals surface area contributed by atoms with Gasteiger partial charge in [-0.25, -0.2) is 4.79 Å². The van der Waals surface area contributed by atoms with Crippen LogP contribution in [0.2, 0.25) is 0 Å². The lowest BCUT2D eigenvalue weighted by Crippen LogP contribution is -2.08. The molecule has 0 bridgehead atoms. The molecule has 4 nitrogen and oxygen atoms in total. The van der Waals surface area contributed by atoms with Crippen molar-refractivity contribution in [3.05, 3.63) is 29.3 Å². The van der Waals surface area contributed by atoms with Crippen LogP contribution in [0.1, 0.15) is 29.3 Å². The highest BCUT2D eigenvalue weighted by Crippen LogP contribution is 2.19. The van der Waals surface area contributed by atoms with Gasteiger partial charge in [0.25, 0.3) is 0 Å². The number of hydrogen-bond acceptors (Lipinski definition) is 3. The number of ether oxygens (including phenoxy) is 2. The van der Waals surface area contributed by atoms with E-state index in [1.807, 2.05) is 6.92 Å². The average Bonchev–Trinajstić information content (AvgIpc) is 2.30. The van der Waals surface area contributed by atoms with Crippen molar-refractivity contribution in [3.63, 3.8) is 0 Å². The lowest BCUT2D eigenvalue weighted by molar-refractivity contribution is 0.0696. The van der Waals surface area contributed by atoms with Crippen molar-refractivity contribution in [2.45, 2.75) is 20.3 Å². The topological polar surface area (TPSA) is 55.8 Å². The van der Waals surface area contributed by atoms with Crippen molar-refractivity contribution in [1.29, 1.82) is 0 Å². The first-order chi connectivity index (χ1) is 8.15. The number of carboxylic acids is 1. The highest BCUT2D eigenvalue weighted by molar-refractivity contribution is 5.88. The lowest BCUT2D eigenvalue weighted by Gasteiger charge is -2.09. The molecule has 1 aromatic carbocycles. The minimum Gasteiger partial charge on any atom is -0.491 e. The molecule has 0 aromatic heterocycles. The number of hydrogen-bond donors (Lipinski definition) is 1. The molecule has 0 unspecified atom stereocenters. The molecule has 17 heavy (non-hydrogen) atoms. The van der Waals surface area contributed by atoms with Gasteiger partial charge >= 0.3 is 5.97 Å². The van der Waals surface area contributed by atoms with E-state index in [-0.39, 0.29) is 5.56 Å². The number of rotatable bonds is 7. The van der Waals surface area contributed by atoms with E-state index in [1.54, 1.807) is 12.1 Å². The number of aromatic carboxylic acids is 1. The van der Waals surface area contributed by atoms with Gasteiger partial charge in [0.2, 0.25) is 0 Å². The summed E-state index contributed by atoms with van der Waals surface area (Å²) in [6.07, 6.45) is 0.992. The smallest absolute Gasteiger partial charge is 0.335 e. The van der Waals surface area contributed by atoms with E-state index in [0.29, 0.717) is 19.0 Å². The molecule has 1 rings (SSSR count). The lowest BCUT2D eigenvalue weighted by atomic mass is 10.1. The van der Waals surface area contributed by atoms with Gasteiger partial charge in [0.15, 0.2) is 0 Å². The Hall–Kier alpha value is -1.55. The Balaban J connectivity index is 2.46. The summed E-state index contributed by atoms with van der Waals surface area (Å²) in [6, 6.07) is 4.82. The van der Waals surface area contributed by atoms with Gasteiger partial charge in [-0.15, -0.1) is 0 Å². The average molecular weight is 238 g/mol. The van der Waals surface area contributed by atoms with Gasteiger partial charge in [-0.2, -0.15) is 0 Å². The number of carboxylic acid groups (broad SMARTS) is 1. The molecule has 0 aliphatic rings. The predicted molar refractivity (Wildman–Crippen MR) is 64.7 cm³/mol. The maximum absolute atomic E-state index is 10.7. The zero-order chi connectivity index (χ0) is 12.7. The summed E-state index contributed by atoms with van der Waals surface area (Å²) < 4.78 is 10.8. The van der Waals surface area contributed by atoms with Crippen LogP contribution in [0.15, 0.2) is 18.2 Å². The van der Waals surface area contributed by atoms with Crippen molar-refractivity contribution in [2.75, 3.05) is 19.8 Å². The Labute approximate surface area is 101 Å². The van der Waals surface area contributed by atoms with Crippen molar-refractivity contribution < 1.29 is 19.4 Å². The molecule has 0 atom stereocenters. The van der Waals surface area contributed by atoms with Crippen LogP contribution in [-0.4, -0.2) is 30.9 Å².